The van der Waals surface area contributed by atoms with E-state index in [4.69, 9.17) is 4.42 Å². The van der Waals surface area contributed by atoms with Crippen molar-refractivity contribution in [2.75, 3.05) is 0 Å². The predicted octanol–water partition coefficient (Wildman–Crippen LogP) is 3.43. The molecule has 0 saturated carbocycles. The zero-order valence-electron chi connectivity index (χ0n) is 8.11. The largest absolute Gasteiger partial charge is 0.440 e. The fourth-order valence-corrected chi connectivity index (χ4v) is 2.03. The number of oxazole rings is 1. The lowest BCUT2D eigenvalue weighted by molar-refractivity contribution is 0.454. The SMILES string of the molecule is Cc1coc(SCc2ccc(Br)cn2)n1. The molecule has 0 saturated heterocycles. The minimum absolute atomic E-state index is 0.692. The minimum atomic E-state index is 0.692. The summed E-state index contributed by atoms with van der Waals surface area (Å²) in [6, 6.07) is 3.95. The van der Waals surface area contributed by atoms with Crippen LogP contribution in [0.2, 0.25) is 0 Å². The van der Waals surface area contributed by atoms with Gasteiger partial charge in [-0.3, -0.25) is 4.98 Å². The summed E-state index contributed by atoms with van der Waals surface area (Å²) in [7, 11) is 0. The highest BCUT2D eigenvalue weighted by Crippen LogP contribution is 2.21. The fraction of sp³-hybridized carbons (Fsp3) is 0.200. The third-order valence-electron chi connectivity index (χ3n) is 1.73. The van der Waals surface area contributed by atoms with Crippen LogP contribution in [0, 0.1) is 6.92 Å². The van der Waals surface area contributed by atoms with Crippen LogP contribution < -0.4 is 0 Å². The lowest BCUT2D eigenvalue weighted by Gasteiger charge is -1.97. The molecule has 15 heavy (non-hydrogen) atoms. The lowest BCUT2D eigenvalue weighted by atomic mass is 10.4. The van der Waals surface area contributed by atoms with Crippen molar-refractivity contribution in [3.05, 3.63) is 40.5 Å². The topological polar surface area (TPSA) is 38.9 Å². The molecule has 3 nitrogen and oxygen atoms in total. The molecule has 0 spiro atoms. The summed E-state index contributed by atoms with van der Waals surface area (Å²) in [5, 5.41) is 0.692. The molecule has 2 heterocycles. The first kappa shape index (κ1) is 10.7. The number of thioether (sulfide) groups is 1. The van der Waals surface area contributed by atoms with Crippen LogP contribution in [0.15, 0.2) is 38.7 Å². The Morgan fingerprint density at radius 3 is 2.93 bits per heavy atom. The van der Waals surface area contributed by atoms with Gasteiger partial charge in [-0.15, -0.1) is 0 Å². The molecule has 0 atom stereocenters. The van der Waals surface area contributed by atoms with Gasteiger partial charge in [0.1, 0.15) is 6.26 Å². The van der Waals surface area contributed by atoms with E-state index in [1.807, 2.05) is 19.1 Å². The summed E-state index contributed by atoms with van der Waals surface area (Å²) >= 11 is 4.89. The van der Waals surface area contributed by atoms with Crippen molar-refractivity contribution in [2.45, 2.75) is 17.9 Å². The molecule has 5 heteroatoms. The van der Waals surface area contributed by atoms with Gasteiger partial charge >= 0.3 is 0 Å². The maximum Gasteiger partial charge on any atom is 0.256 e. The van der Waals surface area contributed by atoms with E-state index in [-0.39, 0.29) is 0 Å². The van der Waals surface area contributed by atoms with E-state index >= 15 is 0 Å². The van der Waals surface area contributed by atoms with E-state index < -0.39 is 0 Å². The van der Waals surface area contributed by atoms with Crippen molar-refractivity contribution >= 4 is 27.7 Å². The van der Waals surface area contributed by atoms with Gasteiger partial charge in [-0.2, -0.15) is 0 Å². The molecule has 0 amide bonds. The summed E-state index contributed by atoms with van der Waals surface area (Å²) in [4.78, 5) is 8.47. The summed E-state index contributed by atoms with van der Waals surface area (Å²) in [5.41, 5.74) is 1.92. The van der Waals surface area contributed by atoms with Gasteiger partial charge in [-0.1, -0.05) is 11.8 Å². The molecule has 2 aromatic rings. The molecule has 0 aliphatic carbocycles. The highest BCUT2D eigenvalue weighted by Gasteiger charge is 2.02. The normalized spacial score (nSPS) is 10.5. The van der Waals surface area contributed by atoms with E-state index in [2.05, 4.69) is 25.9 Å². The van der Waals surface area contributed by atoms with Crippen molar-refractivity contribution in [1.29, 1.82) is 0 Å². The van der Waals surface area contributed by atoms with Gasteiger partial charge < -0.3 is 4.42 Å². The van der Waals surface area contributed by atoms with Gasteiger partial charge in [-0.25, -0.2) is 4.98 Å². The van der Waals surface area contributed by atoms with Crippen LogP contribution in [-0.2, 0) is 5.75 Å². The second kappa shape index (κ2) is 4.81. The van der Waals surface area contributed by atoms with Gasteiger partial charge in [0.05, 0.1) is 11.4 Å². The van der Waals surface area contributed by atoms with Gasteiger partial charge in [-0.05, 0) is 35.0 Å². The molecule has 0 aliphatic rings. The molecule has 2 aromatic heterocycles. The number of rotatable bonds is 3. The van der Waals surface area contributed by atoms with Gasteiger partial charge in [0.2, 0.25) is 0 Å². The Kier molecular flexibility index (Phi) is 3.43. The summed E-state index contributed by atoms with van der Waals surface area (Å²) in [6.07, 6.45) is 3.44. The van der Waals surface area contributed by atoms with E-state index in [1.54, 1.807) is 24.2 Å². The standard InChI is InChI=1S/C10H9BrN2OS/c1-7-5-14-10(13-7)15-6-9-3-2-8(11)4-12-9/h2-5H,6H2,1H3. The van der Waals surface area contributed by atoms with Crippen LogP contribution in [0.5, 0.6) is 0 Å². The first-order valence-corrected chi connectivity index (χ1v) is 6.17. The number of halogens is 1. The molecule has 0 aromatic carbocycles. The first-order chi connectivity index (χ1) is 7.24. The maximum absolute atomic E-state index is 5.22. The zero-order chi connectivity index (χ0) is 10.7. The summed E-state index contributed by atoms with van der Waals surface area (Å²) in [5.74, 6) is 0.771. The van der Waals surface area contributed by atoms with Crippen LogP contribution in [0.1, 0.15) is 11.4 Å². The number of hydrogen-bond acceptors (Lipinski definition) is 4. The highest BCUT2D eigenvalue weighted by atomic mass is 79.9. The molecule has 0 fully saturated rings. The third kappa shape index (κ3) is 3.07. The Labute approximate surface area is 100 Å². The third-order valence-corrected chi connectivity index (χ3v) is 3.07. The van der Waals surface area contributed by atoms with E-state index in [9.17, 15) is 0 Å². The molecule has 0 aliphatic heterocycles. The van der Waals surface area contributed by atoms with Crippen molar-refractivity contribution < 1.29 is 4.42 Å². The zero-order valence-corrected chi connectivity index (χ0v) is 10.5. The summed E-state index contributed by atoms with van der Waals surface area (Å²) < 4.78 is 6.21. The Bertz CT molecular complexity index is 441. The van der Waals surface area contributed by atoms with Crippen LogP contribution in [0.25, 0.3) is 0 Å². The molecular formula is C10H9BrN2OS. The quantitative estimate of drug-likeness (QED) is 0.810. The number of aromatic nitrogens is 2. The van der Waals surface area contributed by atoms with Crippen LogP contribution >= 0.6 is 27.7 Å². The summed E-state index contributed by atoms with van der Waals surface area (Å²) in [6.45, 7) is 1.91. The molecule has 78 valence electrons. The fourth-order valence-electron chi connectivity index (χ4n) is 1.03. The Balaban J connectivity index is 1.96. The molecule has 0 N–H and O–H groups in total. The maximum atomic E-state index is 5.22. The van der Waals surface area contributed by atoms with E-state index in [0.29, 0.717) is 5.22 Å². The Hall–Kier alpha value is -0.810. The van der Waals surface area contributed by atoms with Crippen molar-refractivity contribution in [1.82, 2.24) is 9.97 Å². The Morgan fingerprint density at radius 1 is 1.47 bits per heavy atom. The van der Waals surface area contributed by atoms with Crippen molar-refractivity contribution in [3.8, 4) is 0 Å². The smallest absolute Gasteiger partial charge is 0.256 e. The van der Waals surface area contributed by atoms with Crippen LogP contribution in [0.3, 0.4) is 0 Å². The average Bonchev–Trinajstić information content (AvgIpc) is 2.64. The first-order valence-electron chi connectivity index (χ1n) is 4.39. The number of aryl methyl sites for hydroxylation is 1. The average molecular weight is 285 g/mol. The second-order valence-corrected chi connectivity index (χ2v) is 4.85. The van der Waals surface area contributed by atoms with E-state index in [0.717, 1.165) is 21.6 Å². The van der Waals surface area contributed by atoms with Crippen LogP contribution in [0.4, 0.5) is 0 Å². The molecule has 0 unspecified atom stereocenters. The highest BCUT2D eigenvalue weighted by molar-refractivity contribution is 9.10. The second-order valence-electron chi connectivity index (χ2n) is 3.01. The molecule has 0 radical (unpaired) electrons. The number of pyridine rings is 1. The molecule has 0 bridgehead atoms. The monoisotopic (exact) mass is 284 g/mol. The molecule has 2 rings (SSSR count). The minimum Gasteiger partial charge on any atom is -0.440 e. The van der Waals surface area contributed by atoms with Gasteiger partial charge in [0.15, 0.2) is 0 Å². The molecular weight excluding hydrogens is 276 g/mol. The number of hydrogen-bond donors (Lipinski definition) is 0. The Morgan fingerprint density at radius 2 is 2.33 bits per heavy atom. The lowest BCUT2D eigenvalue weighted by Crippen LogP contribution is -1.85. The van der Waals surface area contributed by atoms with Crippen molar-refractivity contribution in [2.24, 2.45) is 0 Å². The van der Waals surface area contributed by atoms with Crippen LogP contribution in [-0.4, -0.2) is 9.97 Å². The van der Waals surface area contributed by atoms with Crippen molar-refractivity contribution in [3.63, 3.8) is 0 Å². The van der Waals surface area contributed by atoms with E-state index in [1.165, 1.54) is 0 Å². The predicted molar refractivity (Wildman–Crippen MR) is 62.7 cm³/mol. The van der Waals surface area contributed by atoms with Gasteiger partial charge in [0.25, 0.3) is 5.22 Å². The van der Waals surface area contributed by atoms with Gasteiger partial charge in [0, 0.05) is 16.4 Å². The number of nitrogens with zero attached hydrogens (tertiary/aromatic N) is 2.